The van der Waals surface area contributed by atoms with Crippen molar-refractivity contribution in [3.05, 3.63) is 29.8 Å². The Hall–Kier alpha value is -1.95. The minimum absolute atomic E-state index is 0.0637. The summed E-state index contributed by atoms with van der Waals surface area (Å²) < 4.78 is 13.4. The highest BCUT2D eigenvalue weighted by Gasteiger charge is 2.42. The highest BCUT2D eigenvalue weighted by molar-refractivity contribution is 6.04. The number of carbonyl (C=O) groups is 1. The molecule has 1 aliphatic carbocycles. The van der Waals surface area contributed by atoms with Crippen molar-refractivity contribution in [2.45, 2.75) is 12.8 Å². The number of nitrogens with zero attached hydrogens (tertiary/aromatic N) is 1. The Morgan fingerprint density at radius 2 is 2.32 bits per heavy atom. The molecule has 3 N–H and O–H groups in total. The molecule has 1 aromatic carbocycles. The van der Waals surface area contributed by atoms with Crippen LogP contribution >= 0.6 is 0 Å². The number of imidazole rings is 1. The molecule has 0 saturated heterocycles. The van der Waals surface area contributed by atoms with Crippen molar-refractivity contribution in [1.82, 2.24) is 15.3 Å². The van der Waals surface area contributed by atoms with Gasteiger partial charge in [-0.1, -0.05) is 0 Å². The van der Waals surface area contributed by atoms with Crippen LogP contribution in [0.1, 0.15) is 23.2 Å². The number of rotatable bonds is 4. The van der Waals surface area contributed by atoms with E-state index in [2.05, 4.69) is 15.3 Å². The van der Waals surface area contributed by atoms with E-state index in [1.165, 1.54) is 18.5 Å². The quantitative estimate of drug-likeness (QED) is 0.775. The van der Waals surface area contributed by atoms with Gasteiger partial charge in [-0.25, -0.2) is 9.37 Å². The summed E-state index contributed by atoms with van der Waals surface area (Å²) in [6.45, 7) is 0.471. The Kier molecular flexibility index (Phi) is 2.74. The minimum Gasteiger partial charge on any atom is -0.396 e. The molecule has 5 nitrogen and oxygen atoms in total. The van der Waals surface area contributed by atoms with Gasteiger partial charge in [-0.05, 0) is 25.0 Å². The standard InChI is InChI=1S/C13H14FN3O2/c14-8-3-9(11-10(4-8)16-7-17-11)12(19)15-5-13(6-18)1-2-13/h3-4,7,18H,1-2,5-6H2,(H,15,19)(H,16,17). The summed E-state index contributed by atoms with van der Waals surface area (Å²) in [6, 6.07) is 2.48. The molecule has 0 radical (unpaired) electrons. The third kappa shape index (κ3) is 2.19. The number of H-pyrrole nitrogens is 1. The number of aromatic amines is 1. The summed E-state index contributed by atoms with van der Waals surface area (Å²) in [5.41, 5.74) is 0.986. The number of hydrogen-bond donors (Lipinski definition) is 3. The Morgan fingerprint density at radius 3 is 3.00 bits per heavy atom. The van der Waals surface area contributed by atoms with Gasteiger partial charge in [0, 0.05) is 12.0 Å². The van der Waals surface area contributed by atoms with Crippen LogP contribution in [0.2, 0.25) is 0 Å². The van der Waals surface area contributed by atoms with Gasteiger partial charge in [0.2, 0.25) is 0 Å². The van der Waals surface area contributed by atoms with Crippen LogP contribution in [0.3, 0.4) is 0 Å². The molecule has 0 spiro atoms. The maximum Gasteiger partial charge on any atom is 0.253 e. The molecule has 2 aromatic rings. The Balaban J connectivity index is 1.83. The molecule has 1 amide bonds. The lowest BCUT2D eigenvalue weighted by atomic mass is 10.1. The van der Waals surface area contributed by atoms with Crippen molar-refractivity contribution < 1.29 is 14.3 Å². The summed E-state index contributed by atoms with van der Waals surface area (Å²) in [5, 5.41) is 11.9. The van der Waals surface area contributed by atoms with Crippen LogP contribution in [0, 0.1) is 11.2 Å². The van der Waals surface area contributed by atoms with Gasteiger partial charge < -0.3 is 15.4 Å². The van der Waals surface area contributed by atoms with Gasteiger partial charge in [-0.15, -0.1) is 0 Å². The summed E-state index contributed by atoms with van der Waals surface area (Å²) in [4.78, 5) is 18.9. The lowest BCUT2D eigenvalue weighted by Gasteiger charge is -2.12. The molecule has 0 aliphatic heterocycles. The summed E-state index contributed by atoms with van der Waals surface area (Å²) in [7, 11) is 0. The first-order chi connectivity index (χ1) is 9.13. The van der Waals surface area contributed by atoms with Crippen LogP contribution in [0.25, 0.3) is 11.0 Å². The second-order valence-electron chi connectivity index (χ2n) is 5.09. The lowest BCUT2D eigenvalue weighted by Crippen LogP contribution is -2.32. The highest BCUT2D eigenvalue weighted by atomic mass is 19.1. The maximum absolute atomic E-state index is 13.4. The SMILES string of the molecule is O=C(NCC1(CO)CC1)c1cc(F)cc2[nH]cnc12. The van der Waals surface area contributed by atoms with Crippen molar-refractivity contribution in [1.29, 1.82) is 0 Å². The number of benzene rings is 1. The van der Waals surface area contributed by atoms with Gasteiger partial charge in [-0.3, -0.25) is 4.79 Å². The van der Waals surface area contributed by atoms with Crippen molar-refractivity contribution >= 4 is 16.9 Å². The average molecular weight is 263 g/mol. The molecule has 19 heavy (non-hydrogen) atoms. The molecule has 1 heterocycles. The number of amides is 1. The van der Waals surface area contributed by atoms with E-state index >= 15 is 0 Å². The summed E-state index contributed by atoms with van der Waals surface area (Å²) in [5.74, 6) is -0.846. The van der Waals surface area contributed by atoms with Gasteiger partial charge in [0.15, 0.2) is 0 Å². The zero-order valence-electron chi connectivity index (χ0n) is 10.2. The zero-order valence-corrected chi connectivity index (χ0v) is 10.2. The fourth-order valence-corrected chi connectivity index (χ4v) is 2.12. The van der Waals surface area contributed by atoms with Crippen LogP contribution in [-0.2, 0) is 0 Å². The van der Waals surface area contributed by atoms with Crippen LogP contribution < -0.4 is 5.32 Å². The second-order valence-corrected chi connectivity index (χ2v) is 5.09. The number of carbonyl (C=O) groups excluding carboxylic acids is 1. The molecule has 1 fully saturated rings. The average Bonchev–Trinajstić information content (AvgIpc) is 3.05. The highest BCUT2D eigenvalue weighted by Crippen LogP contribution is 2.44. The van der Waals surface area contributed by atoms with Gasteiger partial charge in [0.05, 0.1) is 24.0 Å². The van der Waals surface area contributed by atoms with Crippen LogP contribution in [0.4, 0.5) is 4.39 Å². The summed E-state index contributed by atoms with van der Waals surface area (Å²) in [6.07, 6.45) is 3.24. The molecule has 0 unspecified atom stereocenters. The molecular weight excluding hydrogens is 249 g/mol. The number of aromatic nitrogens is 2. The Bertz CT molecular complexity index is 634. The predicted molar refractivity (Wildman–Crippen MR) is 67.1 cm³/mol. The first-order valence-electron chi connectivity index (χ1n) is 6.15. The van der Waals surface area contributed by atoms with Gasteiger partial charge in [-0.2, -0.15) is 0 Å². The van der Waals surface area contributed by atoms with Crippen molar-refractivity contribution in [2.75, 3.05) is 13.2 Å². The topological polar surface area (TPSA) is 78.0 Å². The second kappa shape index (κ2) is 4.31. The monoisotopic (exact) mass is 263 g/mol. The fourth-order valence-electron chi connectivity index (χ4n) is 2.12. The lowest BCUT2D eigenvalue weighted by molar-refractivity contribution is 0.0936. The van der Waals surface area contributed by atoms with Crippen LogP contribution in [0.15, 0.2) is 18.5 Å². The molecular formula is C13H14FN3O2. The maximum atomic E-state index is 13.4. The third-order valence-corrected chi connectivity index (χ3v) is 3.65. The third-order valence-electron chi connectivity index (χ3n) is 3.65. The number of nitrogens with one attached hydrogen (secondary N) is 2. The van der Waals surface area contributed by atoms with E-state index in [0.717, 1.165) is 12.8 Å². The first kappa shape index (κ1) is 12.1. The molecule has 3 rings (SSSR count). The molecule has 1 saturated carbocycles. The van der Waals surface area contributed by atoms with Crippen molar-refractivity contribution in [3.8, 4) is 0 Å². The molecule has 6 heteroatoms. The number of aliphatic hydroxyl groups excluding tert-OH is 1. The normalized spacial score (nSPS) is 16.5. The smallest absolute Gasteiger partial charge is 0.253 e. The number of fused-ring (bicyclic) bond motifs is 1. The predicted octanol–water partition coefficient (Wildman–Crippen LogP) is 1.20. The Labute approximate surface area is 108 Å². The van der Waals surface area contributed by atoms with E-state index in [4.69, 9.17) is 0 Å². The fraction of sp³-hybridized carbons (Fsp3) is 0.385. The van der Waals surface area contributed by atoms with Gasteiger partial charge in [0.1, 0.15) is 11.3 Å². The van der Waals surface area contributed by atoms with Crippen molar-refractivity contribution in [3.63, 3.8) is 0 Å². The van der Waals surface area contributed by atoms with Crippen LogP contribution in [0.5, 0.6) is 0 Å². The van der Waals surface area contributed by atoms with E-state index < -0.39 is 5.82 Å². The van der Waals surface area contributed by atoms with E-state index in [-0.39, 0.29) is 23.5 Å². The zero-order chi connectivity index (χ0) is 13.5. The van der Waals surface area contributed by atoms with E-state index in [0.29, 0.717) is 17.6 Å². The van der Waals surface area contributed by atoms with E-state index in [1.807, 2.05) is 0 Å². The van der Waals surface area contributed by atoms with Gasteiger partial charge >= 0.3 is 0 Å². The van der Waals surface area contributed by atoms with Crippen LogP contribution in [-0.4, -0.2) is 34.1 Å². The molecule has 0 atom stereocenters. The number of aliphatic hydroxyl groups is 1. The number of halogens is 1. The largest absolute Gasteiger partial charge is 0.396 e. The van der Waals surface area contributed by atoms with Crippen molar-refractivity contribution in [2.24, 2.45) is 5.41 Å². The number of hydrogen-bond acceptors (Lipinski definition) is 3. The minimum atomic E-state index is -0.481. The van der Waals surface area contributed by atoms with E-state index in [9.17, 15) is 14.3 Å². The molecule has 1 aliphatic rings. The molecule has 0 bridgehead atoms. The van der Waals surface area contributed by atoms with Gasteiger partial charge in [0.25, 0.3) is 5.91 Å². The molecule has 100 valence electrons. The van der Waals surface area contributed by atoms with E-state index in [1.54, 1.807) is 0 Å². The summed E-state index contributed by atoms with van der Waals surface area (Å²) >= 11 is 0. The molecule has 1 aromatic heterocycles. The Morgan fingerprint density at radius 1 is 1.53 bits per heavy atom. The first-order valence-corrected chi connectivity index (χ1v) is 6.15.